The third-order valence-corrected chi connectivity index (χ3v) is 4.16. The molecule has 6 nitrogen and oxygen atoms in total. The zero-order chi connectivity index (χ0) is 18.4. The van der Waals surface area contributed by atoms with Gasteiger partial charge in [0.05, 0.1) is 25.4 Å². The summed E-state index contributed by atoms with van der Waals surface area (Å²) < 4.78 is 17.1. The molecule has 3 rings (SSSR count). The van der Waals surface area contributed by atoms with Crippen LogP contribution in [0.1, 0.15) is 6.92 Å². The number of fused-ring (bicyclic) bond motifs is 1. The molecule has 1 heterocycles. The number of hydrogen-bond donors (Lipinski definition) is 1. The summed E-state index contributed by atoms with van der Waals surface area (Å²) in [5.74, 6) is 2.21. The van der Waals surface area contributed by atoms with Gasteiger partial charge in [-0.15, -0.1) is 0 Å². The van der Waals surface area contributed by atoms with Gasteiger partial charge in [0, 0.05) is 7.05 Å². The molecule has 138 valence electrons. The fourth-order valence-corrected chi connectivity index (χ4v) is 2.89. The van der Waals surface area contributed by atoms with Gasteiger partial charge in [-0.25, -0.2) is 0 Å². The Morgan fingerprint density at radius 2 is 1.85 bits per heavy atom. The third-order valence-electron chi connectivity index (χ3n) is 4.16. The number of nitrogens with one attached hydrogen (secondary N) is 1. The van der Waals surface area contributed by atoms with Crippen LogP contribution in [0.5, 0.6) is 17.2 Å². The minimum absolute atomic E-state index is 0.128. The summed E-state index contributed by atoms with van der Waals surface area (Å²) in [6.45, 7) is 4.24. The molecule has 0 fully saturated rings. The van der Waals surface area contributed by atoms with Crippen molar-refractivity contribution in [2.45, 2.75) is 13.0 Å². The fourth-order valence-electron chi connectivity index (χ4n) is 2.89. The predicted molar refractivity (Wildman–Crippen MR) is 100 cm³/mol. The molecule has 1 aliphatic rings. The Morgan fingerprint density at radius 3 is 2.54 bits per heavy atom. The molecule has 0 aromatic heterocycles. The first kappa shape index (κ1) is 17.9. The summed E-state index contributed by atoms with van der Waals surface area (Å²) in [6, 6.07) is 15.3. The van der Waals surface area contributed by atoms with Gasteiger partial charge in [-0.1, -0.05) is 12.1 Å². The SMILES string of the molecule is CCOc1ccc(OCCN2C[C@@H](C(=O)NC)Oc3ccccc32)cc1. The van der Waals surface area contributed by atoms with Crippen molar-refractivity contribution in [3.8, 4) is 17.2 Å². The molecule has 0 bridgehead atoms. The molecular weight excluding hydrogens is 332 g/mol. The maximum absolute atomic E-state index is 12.0. The number of rotatable bonds is 7. The second kappa shape index (κ2) is 8.47. The van der Waals surface area contributed by atoms with Crippen molar-refractivity contribution in [1.82, 2.24) is 5.32 Å². The number of amides is 1. The van der Waals surface area contributed by atoms with Gasteiger partial charge in [0.2, 0.25) is 0 Å². The number of benzene rings is 2. The summed E-state index contributed by atoms with van der Waals surface area (Å²) in [4.78, 5) is 14.1. The number of carbonyl (C=O) groups excluding carboxylic acids is 1. The second-order valence-corrected chi connectivity index (χ2v) is 5.89. The zero-order valence-corrected chi connectivity index (χ0v) is 15.1. The van der Waals surface area contributed by atoms with E-state index in [-0.39, 0.29) is 5.91 Å². The number of ether oxygens (including phenoxy) is 3. The van der Waals surface area contributed by atoms with Crippen molar-refractivity contribution in [2.75, 3.05) is 38.3 Å². The normalized spacial score (nSPS) is 15.6. The largest absolute Gasteiger partial charge is 0.494 e. The summed E-state index contributed by atoms with van der Waals surface area (Å²) in [7, 11) is 1.62. The molecule has 1 aliphatic heterocycles. The Hall–Kier alpha value is -2.89. The van der Waals surface area contributed by atoms with E-state index in [0.717, 1.165) is 17.2 Å². The Kier molecular flexibility index (Phi) is 5.84. The fraction of sp³-hybridized carbons (Fsp3) is 0.350. The molecule has 1 atom stereocenters. The lowest BCUT2D eigenvalue weighted by molar-refractivity contribution is -0.127. The van der Waals surface area contributed by atoms with Gasteiger partial charge < -0.3 is 24.4 Å². The molecule has 0 aliphatic carbocycles. The highest BCUT2D eigenvalue weighted by Gasteiger charge is 2.29. The van der Waals surface area contributed by atoms with Crippen molar-refractivity contribution in [2.24, 2.45) is 0 Å². The molecule has 1 N–H and O–H groups in total. The van der Waals surface area contributed by atoms with E-state index in [1.54, 1.807) is 7.05 Å². The van der Waals surface area contributed by atoms with E-state index in [9.17, 15) is 4.79 Å². The number of para-hydroxylation sites is 2. The van der Waals surface area contributed by atoms with Crippen LogP contribution >= 0.6 is 0 Å². The number of carbonyl (C=O) groups is 1. The van der Waals surface area contributed by atoms with Crippen LogP contribution in [0, 0.1) is 0 Å². The molecule has 0 unspecified atom stereocenters. The Morgan fingerprint density at radius 1 is 1.15 bits per heavy atom. The number of anilines is 1. The lowest BCUT2D eigenvalue weighted by Gasteiger charge is -2.35. The van der Waals surface area contributed by atoms with Crippen LogP contribution in [0.3, 0.4) is 0 Å². The van der Waals surface area contributed by atoms with E-state index in [1.165, 1.54) is 0 Å². The highest BCUT2D eigenvalue weighted by molar-refractivity contribution is 5.83. The lowest BCUT2D eigenvalue weighted by atomic mass is 10.2. The van der Waals surface area contributed by atoms with E-state index in [0.29, 0.717) is 32.1 Å². The van der Waals surface area contributed by atoms with Gasteiger partial charge in [0.25, 0.3) is 5.91 Å². The molecule has 2 aromatic rings. The van der Waals surface area contributed by atoms with E-state index < -0.39 is 6.10 Å². The highest BCUT2D eigenvalue weighted by Crippen LogP contribution is 2.32. The van der Waals surface area contributed by atoms with E-state index in [4.69, 9.17) is 14.2 Å². The minimum atomic E-state index is -0.527. The molecule has 26 heavy (non-hydrogen) atoms. The smallest absolute Gasteiger partial charge is 0.262 e. The Bertz CT molecular complexity index is 733. The second-order valence-electron chi connectivity index (χ2n) is 5.89. The van der Waals surface area contributed by atoms with Gasteiger partial charge in [-0.3, -0.25) is 4.79 Å². The first-order valence-corrected chi connectivity index (χ1v) is 8.79. The molecule has 0 radical (unpaired) electrons. The first-order valence-electron chi connectivity index (χ1n) is 8.79. The first-order chi connectivity index (χ1) is 12.7. The monoisotopic (exact) mass is 356 g/mol. The molecule has 0 saturated carbocycles. The van der Waals surface area contributed by atoms with Crippen LogP contribution in [0.4, 0.5) is 5.69 Å². The minimum Gasteiger partial charge on any atom is -0.494 e. The molecule has 0 saturated heterocycles. The van der Waals surface area contributed by atoms with E-state index >= 15 is 0 Å². The van der Waals surface area contributed by atoms with Crippen LogP contribution in [-0.2, 0) is 4.79 Å². The van der Waals surface area contributed by atoms with Crippen LogP contribution in [-0.4, -0.2) is 45.4 Å². The van der Waals surface area contributed by atoms with Gasteiger partial charge in [-0.05, 0) is 43.3 Å². The van der Waals surface area contributed by atoms with Gasteiger partial charge in [0.15, 0.2) is 6.10 Å². The van der Waals surface area contributed by atoms with Gasteiger partial charge >= 0.3 is 0 Å². The molecule has 2 aromatic carbocycles. The standard InChI is InChI=1S/C20H24N2O4/c1-3-24-15-8-10-16(11-9-15)25-13-12-22-14-19(20(23)21-2)26-18-7-5-4-6-17(18)22/h4-11,19H,3,12-14H2,1-2H3,(H,21,23)/t19-/m0/s1. The highest BCUT2D eigenvalue weighted by atomic mass is 16.5. The van der Waals surface area contributed by atoms with E-state index in [1.807, 2.05) is 55.5 Å². The zero-order valence-electron chi connectivity index (χ0n) is 15.1. The summed E-state index contributed by atoms with van der Waals surface area (Å²) >= 11 is 0. The van der Waals surface area contributed by atoms with Crippen LogP contribution in [0.15, 0.2) is 48.5 Å². The average molecular weight is 356 g/mol. The number of hydrogen-bond acceptors (Lipinski definition) is 5. The van der Waals surface area contributed by atoms with E-state index in [2.05, 4.69) is 10.2 Å². The number of likely N-dealkylation sites (N-methyl/N-ethyl adjacent to an activating group) is 1. The van der Waals surface area contributed by atoms with Crippen molar-refractivity contribution >= 4 is 11.6 Å². The van der Waals surface area contributed by atoms with Crippen LogP contribution < -0.4 is 24.4 Å². The van der Waals surface area contributed by atoms with Crippen LogP contribution in [0.25, 0.3) is 0 Å². The lowest BCUT2D eigenvalue weighted by Crippen LogP contribution is -2.49. The summed E-state index contributed by atoms with van der Waals surface area (Å²) in [5, 5.41) is 2.65. The average Bonchev–Trinajstić information content (AvgIpc) is 2.68. The Labute approximate surface area is 153 Å². The topological polar surface area (TPSA) is 60.0 Å². The molecule has 0 spiro atoms. The van der Waals surface area contributed by atoms with Gasteiger partial charge in [0.1, 0.15) is 23.9 Å². The molecular formula is C20H24N2O4. The summed E-state index contributed by atoms with van der Waals surface area (Å²) in [6.07, 6.45) is -0.527. The maximum atomic E-state index is 12.0. The van der Waals surface area contributed by atoms with Crippen LogP contribution in [0.2, 0.25) is 0 Å². The van der Waals surface area contributed by atoms with Crippen molar-refractivity contribution in [3.63, 3.8) is 0 Å². The Balaban J connectivity index is 1.61. The predicted octanol–water partition coefficient (Wildman–Crippen LogP) is 2.48. The van der Waals surface area contributed by atoms with Crippen molar-refractivity contribution in [1.29, 1.82) is 0 Å². The van der Waals surface area contributed by atoms with Crippen molar-refractivity contribution < 1.29 is 19.0 Å². The van der Waals surface area contributed by atoms with Crippen molar-refractivity contribution in [3.05, 3.63) is 48.5 Å². The molecule has 6 heteroatoms. The third kappa shape index (κ3) is 4.20. The van der Waals surface area contributed by atoms with Gasteiger partial charge in [-0.2, -0.15) is 0 Å². The maximum Gasteiger partial charge on any atom is 0.262 e. The quantitative estimate of drug-likeness (QED) is 0.826. The number of nitrogens with zero attached hydrogens (tertiary/aromatic N) is 1. The summed E-state index contributed by atoms with van der Waals surface area (Å²) in [5.41, 5.74) is 0.975. The molecule has 1 amide bonds.